The predicted molar refractivity (Wildman–Crippen MR) is 115 cm³/mol. The third kappa shape index (κ3) is 3.95. The van der Waals surface area contributed by atoms with E-state index in [1.807, 2.05) is 23.1 Å². The van der Waals surface area contributed by atoms with Crippen molar-refractivity contribution >= 4 is 17.7 Å². The molecule has 1 aromatic carbocycles. The summed E-state index contributed by atoms with van der Waals surface area (Å²) in [5.41, 5.74) is -0.592. The summed E-state index contributed by atoms with van der Waals surface area (Å²) in [5.74, 6) is 0.542. The fraction of sp³-hybridized carbons (Fsp3) is 0.625. The van der Waals surface area contributed by atoms with E-state index in [0.717, 1.165) is 25.8 Å². The Morgan fingerprint density at radius 2 is 2.00 bits per heavy atom. The molecule has 3 atom stereocenters. The molecule has 1 aromatic rings. The molecule has 31 heavy (non-hydrogen) atoms. The summed E-state index contributed by atoms with van der Waals surface area (Å²) in [4.78, 5) is 43.5. The number of hydrogen-bond donors (Lipinski definition) is 0. The lowest BCUT2D eigenvalue weighted by Gasteiger charge is -2.32. The molecule has 3 amide bonds. The average Bonchev–Trinajstić information content (AvgIpc) is 3.20. The SMILES string of the molecule is COCCCN1C(=O)C[C@](CC(=O)N2C[C@H]3CCC[C@@H]2C3)(c2ccccc2OC)C1=O. The molecule has 0 radical (unpaired) electrons. The van der Waals surface area contributed by atoms with Crippen LogP contribution in [0.5, 0.6) is 5.75 Å². The molecule has 7 nitrogen and oxygen atoms in total. The fourth-order valence-corrected chi connectivity index (χ4v) is 5.68. The van der Waals surface area contributed by atoms with Crippen LogP contribution in [0.2, 0.25) is 0 Å². The van der Waals surface area contributed by atoms with Gasteiger partial charge < -0.3 is 14.4 Å². The minimum Gasteiger partial charge on any atom is -0.496 e. The van der Waals surface area contributed by atoms with Crippen LogP contribution in [-0.2, 0) is 24.5 Å². The first-order chi connectivity index (χ1) is 15.0. The molecule has 0 aromatic heterocycles. The number of benzene rings is 1. The maximum atomic E-state index is 13.7. The van der Waals surface area contributed by atoms with Gasteiger partial charge in [0.05, 0.1) is 12.5 Å². The van der Waals surface area contributed by atoms with Crippen molar-refractivity contribution in [3.63, 3.8) is 0 Å². The summed E-state index contributed by atoms with van der Waals surface area (Å²) in [5, 5.41) is 0. The van der Waals surface area contributed by atoms with Gasteiger partial charge in [-0.15, -0.1) is 0 Å². The molecular formula is C24H32N2O5. The van der Waals surface area contributed by atoms with Crippen molar-refractivity contribution in [3.8, 4) is 5.75 Å². The first-order valence-corrected chi connectivity index (χ1v) is 11.3. The molecule has 0 spiro atoms. The molecule has 1 saturated carbocycles. The van der Waals surface area contributed by atoms with Gasteiger partial charge in [0.2, 0.25) is 17.7 Å². The first kappa shape index (κ1) is 21.8. The van der Waals surface area contributed by atoms with E-state index in [1.165, 1.54) is 11.3 Å². The van der Waals surface area contributed by atoms with Crippen LogP contribution in [0, 0.1) is 5.92 Å². The Morgan fingerprint density at radius 1 is 1.19 bits per heavy atom. The van der Waals surface area contributed by atoms with Crippen LogP contribution in [0.1, 0.15) is 50.5 Å². The number of nitrogens with zero attached hydrogens (tertiary/aromatic N) is 2. The second-order valence-corrected chi connectivity index (χ2v) is 9.07. The molecule has 1 aliphatic carbocycles. The van der Waals surface area contributed by atoms with Gasteiger partial charge in [-0.1, -0.05) is 24.6 Å². The molecule has 7 heteroatoms. The Hall–Kier alpha value is -2.41. The van der Waals surface area contributed by atoms with Gasteiger partial charge in [0.15, 0.2) is 0 Å². The van der Waals surface area contributed by atoms with E-state index in [1.54, 1.807) is 20.3 Å². The second-order valence-electron chi connectivity index (χ2n) is 9.07. The molecule has 0 N–H and O–H groups in total. The van der Waals surface area contributed by atoms with Gasteiger partial charge in [0.1, 0.15) is 5.75 Å². The molecule has 3 fully saturated rings. The molecule has 2 aliphatic heterocycles. The zero-order valence-corrected chi connectivity index (χ0v) is 18.5. The highest BCUT2D eigenvalue weighted by atomic mass is 16.5. The van der Waals surface area contributed by atoms with E-state index in [0.29, 0.717) is 36.8 Å². The highest BCUT2D eigenvalue weighted by molar-refractivity contribution is 6.11. The summed E-state index contributed by atoms with van der Waals surface area (Å²) in [6.07, 6.45) is 4.97. The van der Waals surface area contributed by atoms with Gasteiger partial charge in [-0.3, -0.25) is 19.3 Å². The van der Waals surface area contributed by atoms with E-state index in [-0.39, 0.29) is 36.6 Å². The van der Waals surface area contributed by atoms with Crippen LogP contribution in [0.3, 0.4) is 0 Å². The van der Waals surface area contributed by atoms with Crippen LogP contribution in [-0.4, -0.2) is 67.5 Å². The number of methoxy groups -OCH3 is 2. The Kier molecular flexibility index (Phi) is 6.32. The number of carbonyl (C=O) groups is 3. The van der Waals surface area contributed by atoms with Crippen molar-refractivity contribution in [2.24, 2.45) is 5.92 Å². The van der Waals surface area contributed by atoms with Crippen LogP contribution in [0.25, 0.3) is 0 Å². The van der Waals surface area contributed by atoms with E-state index in [2.05, 4.69) is 0 Å². The number of likely N-dealkylation sites (tertiary alicyclic amines) is 2. The molecule has 168 valence electrons. The third-order valence-corrected chi connectivity index (χ3v) is 7.19. The van der Waals surface area contributed by atoms with Crippen LogP contribution in [0.4, 0.5) is 0 Å². The van der Waals surface area contributed by atoms with Crippen molar-refractivity contribution in [1.82, 2.24) is 9.80 Å². The summed E-state index contributed by atoms with van der Waals surface area (Å²) < 4.78 is 10.6. The largest absolute Gasteiger partial charge is 0.496 e. The lowest BCUT2D eigenvalue weighted by molar-refractivity contribution is -0.143. The van der Waals surface area contributed by atoms with E-state index in [4.69, 9.17) is 9.47 Å². The fourth-order valence-electron chi connectivity index (χ4n) is 5.68. The number of rotatable bonds is 8. The number of para-hydroxylation sites is 1. The highest BCUT2D eigenvalue weighted by Gasteiger charge is 2.55. The minimum atomic E-state index is -1.22. The van der Waals surface area contributed by atoms with Gasteiger partial charge in [0, 0.05) is 51.3 Å². The topological polar surface area (TPSA) is 76.2 Å². The molecule has 2 bridgehead atoms. The summed E-state index contributed by atoms with van der Waals surface area (Å²) in [6, 6.07) is 7.54. The summed E-state index contributed by atoms with van der Waals surface area (Å²) in [7, 11) is 3.15. The molecule has 4 rings (SSSR count). The predicted octanol–water partition coefficient (Wildman–Crippen LogP) is 2.52. The smallest absolute Gasteiger partial charge is 0.241 e. The Morgan fingerprint density at radius 3 is 2.74 bits per heavy atom. The van der Waals surface area contributed by atoms with Gasteiger partial charge in [0.25, 0.3) is 0 Å². The summed E-state index contributed by atoms with van der Waals surface area (Å²) >= 11 is 0. The van der Waals surface area contributed by atoms with Crippen LogP contribution >= 0.6 is 0 Å². The normalized spacial score (nSPS) is 27.8. The standard InChI is InChI=1S/C24H32N2O5/c1-30-12-6-11-25-21(27)14-24(23(25)29,19-9-3-4-10-20(19)31-2)15-22(28)26-16-17-7-5-8-18(26)13-17/h3-4,9-10,17-18H,5-8,11-16H2,1-2H3/t17-,18+,24-/m0/s1. The van der Waals surface area contributed by atoms with Crippen molar-refractivity contribution in [1.29, 1.82) is 0 Å². The van der Waals surface area contributed by atoms with Gasteiger partial charge in [-0.2, -0.15) is 0 Å². The second kappa shape index (κ2) is 8.99. The maximum absolute atomic E-state index is 13.7. The number of carbonyl (C=O) groups excluding carboxylic acids is 3. The molecule has 3 aliphatic rings. The Labute approximate surface area is 183 Å². The first-order valence-electron chi connectivity index (χ1n) is 11.3. The molecule has 2 heterocycles. The number of hydrogen-bond acceptors (Lipinski definition) is 5. The maximum Gasteiger partial charge on any atom is 0.241 e. The lowest BCUT2D eigenvalue weighted by atomic mass is 9.75. The Bertz CT molecular complexity index is 856. The summed E-state index contributed by atoms with van der Waals surface area (Å²) in [6.45, 7) is 1.53. The Balaban J connectivity index is 1.66. The number of amides is 3. The molecular weight excluding hydrogens is 396 g/mol. The average molecular weight is 429 g/mol. The van der Waals surface area contributed by atoms with Crippen molar-refractivity contribution in [2.45, 2.75) is 56.4 Å². The number of ether oxygens (including phenoxy) is 2. The quantitative estimate of drug-likeness (QED) is 0.470. The highest BCUT2D eigenvalue weighted by Crippen LogP contribution is 2.45. The van der Waals surface area contributed by atoms with E-state index in [9.17, 15) is 14.4 Å². The van der Waals surface area contributed by atoms with Gasteiger partial charge in [-0.05, 0) is 37.7 Å². The number of fused-ring (bicyclic) bond motifs is 2. The minimum absolute atomic E-state index is 0.00193. The molecule has 0 unspecified atom stereocenters. The van der Waals surface area contributed by atoms with Crippen LogP contribution in [0.15, 0.2) is 24.3 Å². The zero-order valence-electron chi connectivity index (χ0n) is 18.5. The molecule has 2 saturated heterocycles. The number of imide groups is 1. The van der Waals surface area contributed by atoms with Gasteiger partial charge >= 0.3 is 0 Å². The zero-order chi connectivity index (χ0) is 22.0. The van der Waals surface area contributed by atoms with E-state index >= 15 is 0 Å². The monoisotopic (exact) mass is 428 g/mol. The van der Waals surface area contributed by atoms with Crippen molar-refractivity contribution < 1.29 is 23.9 Å². The third-order valence-electron chi connectivity index (χ3n) is 7.19. The lowest BCUT2D eigenvalue weighted by Crippen LogP contribution is -2.45. The van der Waals surface area contributed by atoms with Crippen LogP contribution < -0.4 is 4.74 Å². The van der Waals surface area contributed by atoms with Crippen molar-refractivity contribution in [3.05, 3.63) is 29.8 Å². The van der Waals surface area contributed by atoms with Crippen molar-refractivity contribution in [2.75, 3.05) is 33.9 Å². The van der Waals surface area contributed by atoms with E-state index < -0.39 is 5.41 Å². The van der Waals surface area contributed by atoms with Gasteiger partial charge in [-0.25, -0.2) is 0 Å².